The molecule has 162 valence electrons. The highest BCUT2D eigenvalue weighted by Gasteiger charge is 2.12. The summed E-state index contributed by atoms with van der Waals surface area (Å²) in [5, 5.41) is 11.6. The van der Waals surface area contributed by atoms with Crippen LogP contribution in [-0.4, -0.2) is 27.3 Å². The molecule has 0 aliphatic carbocycles. The first-order valence-electron chi connectivity index (χ1n) is 10.6. The molecule has 0 fully saturated rings. The highest BCUT2D eigenvalue weighted by Crippen LogP contribution is 2.13. The van der Waals surface area contributed by atoms with Gasteiger partial charge in [-0.05, 0) is 36.6 Å². The van der Waals surface area contributed by atoms with Gasteiger partial charge in [0.15, 0.2) is 0 Å². The molecule has 0 spiro atoms. The minimum absolute atomic E-state index is 0.180. The van der Waals surface area contributed by atoms with Crippen LogP contribution in [0.5, 0.6) is 0 Å². The lowest BCUT2D eigenvalue weighted by Crippen LogP contribution is -2.36. The van der Waals surface area contributed by atoms with Gasteiger partial charge in [-0.3, -0.25) is 9.78 Å². The number of nitrogens with one attached hydrogen (secondary N) is 2. The maximum absolute atomic E-state index is 12.9. The van der Waals surface area contributed by atoms with Crippen molar-refractivity contribution >= 4 is 16.8 Å². The third-order valence-corrected chi connectivity index (χ3v) is 5.17. The monoisotopic (exact) mass is 427 g/mol. The smallest absolute Gasteiger partial charge is 0.315 e. The van der Waals surface area contributed by atoms with Crippen molar-refractivity contribution in [3.05, 3.63) is 106 Å². The molecule has 2 aromatic carbocycles. The van der Waals surface area contributed by atoms with Crippen molar-refractivity contribution in [2.24, 2.45) is 0 Å². The Kier molecular flexibility index (Phi) is 6.87. The fourth-order valence-corrected chi connectivity index (χ4v) is 3.55. The Bertz CT molecular complexity index is 1240. The van der Waals surface area contributed by atoms with Crippen molar-refractivity contribution in [3.8, 4) is 0 Å². The van der Waals surface area contributed by atoms with Crippen LogP contribution in [0.1, 0.15) is 23.4 Å². The Morgan fingerprint density at radius 3 is 2.41 bits per heavy atom. The van der Waals surface area contributed by atoms with Gasteiger partial charge in [-0.2, -0.15) is 5.10 Å². The van der Waals surface area contributed by atoms with Gasteiger partial charge in [-0.25, -0.2) is 9.48 Å². The molecular weight excluding hydrogens is 402 g/mol. The van der Waals surface area contributed by atoms with Crippen LogP contribution in [0.2, 0.25) is 0 Å². The third kappa shape index (κ3) is 5.37. The number of hydrogen-bond acceptors (Lipinski definition) is 4. The fourth-order valence-electron chi connectivity index (χ4n) is 3.55. The van der Waals surface area contributed by atoms with Crippen molar-refractivity contribution < 1.29 is 4.79 Å². The summed E-state index contributed by atoms with van der Waals surface area (Å²) in [6.45, 7) is 1.06. The maximum atomic E-state index is 12.9. The van der Waals surface area contributed by atoms with Crippen molar-refractivity contribution in [1.82, 2.24) is 25.4 Å². The summed E-state index contributed by atoms with van der Waals surface area (Å²) >= 11 is 0. The maximum Gasteiger partial charge on any atom is 0.315 e. The van der Waals surface area contributed by atoms with E-state index in [-0.39, 0.29) is 24.7 Å². The lowest BCUT2D eigenvalue weighted by Gasteiger charge is -2.12. The molecule has 4 aromatic rings. The van der Waals surface area contributed by atoms with Gasteiger partial charge in [0.1, 0.15) is 0 Å². The van der Waals surface area contributed by atoms with E-state index in [1.807, 2.05) is 54.6 Å². The molecule has 32 heavy (non-hydrogen) atoms. The topological polar surface area (TPSA) is 88.9 Å². The summed E-state index contributed by atoms with van der Waals surface area (Å²) in [5.74, 6) is 0. The molecule has 0 saturated carbocycles. The molecule has 0 radical (unpaired) electrons. The zero-order valence-electron chi connectivity index (χ0n) is 17.7. The molecule has 0 saturated heterocycles. The van der Waals surface area contributed by atoms with Crippen molar-refractivity contribution in [3.63, 3.8) is 0 Å². The number of amides is 2. The SMILES string of the molecule is O=C(NCCCc1ccccc1)NCc1nn(Cc2ccccn2)c(=O)c2ccccc12. The Morgan fingerprint density at radius 2 is 1.62 bits per heavy atom. The quantitative estimate of drug-likeness (QED) is 0.423. The fraction of sp³-hybridized carbons (Fsp3) is 0.200. The molecule has 4 rings (SSSR count). The highest BCUT2D eigenvalue weighted by atomic mass is 16.2. The average molecular weight is 428 g/mol. The van der Waals surface area contributed by atoms with E-state index in [1.165, 1.54) is 10.2 Å². The minimum Gasteiger partial charge on any atom is -0.338 e. The number of rotatable bonds is 8. The number of pyridine rings is 1. The van der Waals surface area contributed by atoms with E-state index in [4.69, 9.17) is 0 Å². The number of urea groups is 1. The summed E-state index contributed by atoms with van der Waals surface area (Å²) in [5.41, 5.74) is 2.45. The summed E-state index contributed by atoms with van der Waals surface area (Å²) in [7, 11) is 0. The van der Waals surface area contributed by atoms with E-state index >= 15 is 0 Å². The summed E-state index contributed by atoms with van der Waals surface area (Å²) in [6, 6.07) is 22.8. The van der Waals surface area contributed by atoms with Crippen LogP contribution in [-0.2, 0) is 19.5 Å². The number of hydrogen-bond donors (Lipinski definition) is 2. The standard InChI is InChI=1S/C25H25N5O2/c31-24-22-14-5-4-13-21(22)23(29-30(24)18-20-12-6-7-15-26-20)17-28-25(32)27-16-8-11-19-9-2-1-3-10-19/h1-7,9-10,12-15H,8,11,16-18H2,(H2,27,28,32). The number of aryl methyl sites for hydroxylation is 1. The molecule has 0 atom stereocenters. The largest absolute Gasteiger partial charge is 0.338 e. The van der Waals surface area contributed by atoms with Crippen molar-refractivity contribution in [2.45, 2.75) is 25.9 Å². The van der Waals surface area contributed by atoms with E-state index < -0.39 is 0 Å². The van der Waals surface area contributed by atoms with Crippen LogP contribution >= 0.6 is 0 Å². The molecular formula is C25H25N5O2. The molecule has 7 nitrogen and oxygen atoms in total. The first-order valence-corrected chi connectivity index (χ1v) is 10.6. The predicted octanol–water partition coefficient (Wildman–Crippen LogP) is 3.27. The molecule has 2 amide bonds. The highest BCUT2D eigenvalue weighted by molar-refractivity contribution is 5.84. The number of benzene rings is 2. The van der Waals surface area contributed by atoms with Gasteiger partial charge < -0.3 is 10.6 Å². The van der Waals surface area contributed by atoms with E-state index in [0.717, 1.165) is 23.9 Å². The van der Waals surface area contributed by atoms with Gasteiger partial charge in [0.05, 0.1) is 29.9 Å². The molecule has 2 heterocycles. The lowest BCUT2D eigenvalue weighted by molar-refractivity contribution is 0.240. The van der Waals surface area contributed by atoms with E-state index in [1.54, 1.807) is 12.3 Å². The summed E-state index contributed by atoms with van der Waals surface area (Å²) < 4.78 is 1.40. The van der Waals surface area contributed by atoms with E-state index in [9.17, 15) is 9.59 Å². The molecule has 2 aromatic heterocycles. The van der Waals surface area contributed by atoms with Gasteiger partial charge in [0.25, 0.3) is 5.56 Å². The third-order valence-electron chi connectivity index (χ3n) is 5.17. The van der Waals surface area contributed by atoms with Crippen LogP contribution in [0, 0.1) is 0 Å². The second-order valence-corrected chi connectivity index (χ2v) is 7.47. The van der Waals surface area contributed by atoms with Crippen molar-refractivity contribution in [2.75, 3.05) is 6.54 Å². The zero-order valence-corrected chi connectivity index (χ0v) is 17.7. The average Bonchev–Trinajstić information content (AvgIpc) is 2.84. The van der Waals surface area contributed by atoms with Gasteiger partial charge in [-0.1, -0.05) is 54.6 Å². The number of fused-ring (bicyclic) bond motifs is 1. The molecule has 0 aliphatic heterocycles. The number of carbonyl (C=O) groups is 1. The van der Waals surface area contributed by atoms with Gasteiger partial charge in [0.2, 0.25) is 0 Å². The van der Waals surface area contributed by atoms with E-state index in [0.29, 0.717) is 17.6 Å². The Balaban J connectivity index is 1.41. The van der Waals surface area contributed by atoms with Crippen LogP contribution in [0.15, 0.2) is 83.8 Å². The Hall–Kier alpha value is -4.00. The van der Waals surface area contributed by atoms with Crippen LogP contribution in [0.25, 0.3) is 10.8 Å². The molecule has 0 bridgehead atoms. The Labute approximate surface area is 186 Å². The number of nitrogens with zero attached hydrogens (tertiary/aromatic N) is 3. The summed E-state index contributed by atoms with van der Waals surface area (Å²) in [6.07, 6.45) is 3.45. The first kappa shape index (κ1) is 21.2. The summed E-state index contributed by atoms with van der Waals surface area (Å²) in [4.78, 5) is 29.4. The lowest BCUT2D eigenvalue weighted by atomic mass is 10.1. The number of carbonyl (C=O) groups excluding carboxylic acids is 1. The second-order valence-electron chi connectivity index (χ2n) is 7.47. The van der Waals surface area contributed by atoms with Crippen LogP contribution < -0.4 is 16.2 Å². The zero-order chi connectivity index (χ0) is 22.2. The van der Waals surface area contributed by atoms with Crippen LogP contribution in [0.3, 0.4) is 0 Å². The normalized spacial score (nSPS) is 10.8. The first-order chi connectivity index (χ1) is 15.7. The minimum atomic E-state index is -0.258. The van der Waals surface area contributed by atoms with Crippen LogP contribution in [0.4, 0.5) is 4.79 Å². The van der Waals surface area contributed by atoms with Gasteiger partial charge in [0, 0.05) is 18.1 Å². The van der Waals surface area contributed by atoms with Gasteiger partial charge in [-0.15, -0.1) is 0 Å². The molecule has 0 aliphatic rings. The molecule has 0 unspecified atom stereocenters. The Morgan fingerprint density at radius 1 is 0.875 bits per heavy atom. The predicted molar refractivity (Wildman–Crippen MR) is 124 cm³/mol. The van der Waals surface area contributed by atoms with Crippen molar-refractivity contribution in [1.29, 1.82) is 0 Å². The van der Waals surface area contributed by atoms with Gasteiger partial charge >= 0.3 is 6.03 Å². The molecule has 7 heteroatoms. The molecule has 2 N–H and O–H groups in total. The number of aromatic nitrogens is 3. The second kappa shape index (κ2) is 10.3. The van der Waals surface area contributed by atoms with E-state index in [2.05, 4.69) is 32.8 Å².